The van der Waals surface area contributed by atoms with E-state index in [9.17, 15) is 18.9 Å². The van der Waals surface area contributed by atoms with Gasteiger partial charge in [-0.3, -0.25) is 18.9 Å². The molecule has 0 unspecified atom stereocenters. The van der Waals surface area contributed by atoms with E-state index >= 15 is 0 Å². The number of carbonyl (C=O) groups excluding carboxylic acids is 2. The minimum Gasteiger partial charge on any atom is -0.341 e. The normalized spacial score (nSPS) is 11.2. The molecule has 0 aliphatic rings. The third-order valence-corrected chi connectivity index (χ3v) is 4.82. The molecule has 3 aromatic rings. The van der Waals surface area contributed by atoms with Crippen LogP contribution in [0.25, 0.3) is 0 Å². The van der Waals surface area contributed by atoms with Gasteiger partial charge >= 0.3 is 7.60 Å². The fourth-order valence-corrected chi connectivity index (χ4v) is 3.14. The van der Waals surface area contributed by atoms with Crippen LogP contribution < -0.4 is 16.2 Å². The molecule has 2 amide bonds. The van der Waals surface area contributed by atoms with Crippen LogP contribution in [0.2, 0.25) is 0 Å². The quantitative estimate of drug-likeness (QED) is 0.343. The summed E-state index contributed by atoms with van der Waals surface area (Å²) in [7, 11) is -4.47. The summed E-state index contributed by atoms with van der Waals surface area (Å²) in [5.74, 6) is -2.16. The summed E-state index contributed by atoms with van der Waals surface area (Å²) in [6.45, 7) is 0. The first kappa shape index (κ1) is 22.1. The maximum Gasteiger partial charge on any atom is 0.344 e. The maximum absolute atomic E-state index is 12.8. The predicted octanol–water partition coefficient (Wildman–Crippen LogP) is 1.15. The van der Waals surface area contributed by atoms with E-state index in [4.69, 9.17) is 9.79 Å². The van der Waals surface area contributed by atoms with Crippen molar-refractivity contribution in [3.05, 3.63) is 99.7 Å². The predicted molar refractivity (Wildman–Crippen MR) is 111 cm³/mol. The van der Waals surface area contributed by atoms with Crippen LogP contribution in [0.5, 0.6) is 0 Å². The van der Waals surface area contributed by atoms with E-state index in [0.29, 0.717) is 0 Å². The summed E-state index contributed by atoms with van der Waals surface area (Å²) in [6.07, 6.45) is 0.0290. The Hall–Kier alpha value is -3.59. The number of nitrogens with one attached hydrogen (secondary N) is 3. The summed E-state index contributed by atoms with van der Waals surface area (Å²) in [5.41, 5.74) is 0.428. The Morgan fingerprint density at radius 3 is 2.00 bits per heavy atom. The Bertz CT molecular complexity index is 1140. The van der Waals surface area contributed by atoms with Gasteiger partial charge in [-0.25, -0.2) is 4.98 Å². The third-order valence-electron chi connectivity index (χ3n) is 4.25. The van der Waals surface area contributed by atoms with Crippen LogP contribution in [0.4, 0.5) is 0 Å². The van der Waals surface area contributed by atoms with Crippen LogP contribution in [0.15, 0.2) is 71.7 Å². The van der Waals surface area contributed by atoms with Crippen LogP contribution >= 0.6 is 7.60 Å². The van der Waals surface area contributed by atoms with Crippen LogP contribution in [0.1, 0.15) is 38.1 Å². The van der Waals surface area contributed by atoms with Gasteiger partial charge < -0.3 is 25.4 Å². The highest BCUT2D eigenvalue weighted by Gasteiger charge is 2.21. The summed E-state index contributed by atoms with van der Waals surface area (Å²) in [6, 6.07) is 17.9. The first-order valence-corrected chi connectivity index (χ1v) is 10.9. The zero-order chi connectivity index (χ0) is 22.4. The van der Waals surface area contributed by atoms with Crippen LogP contribution in [0, 0.1) is 0 Å². The lowest BCUT2D eigenvalue weighted by Gasteiger charge is -2.19. The van der Waals surface area contributed by atoms with Gasteiger partial charge in [0.2, 0.25) is 0 Å². The molecular formula is C20H19N4O6P. The van der Waals surface area contributed by atoms with Gasteiger partial charge in [0.15, 0.2) is 5.82 Å². The molecule has 3 rings (SSSR count). The van der Waals surface area contributed by atoms with Gasteiger partial charge in [0.1, 0.15) is 11.8 Å². The smallest absolute Gasteiger partial charge is 0.341 e. The molecule has 11 heteroatoms. The molecule has 31 heavy (non-hydrogen) atoms. The number of aromatic nitrogens is 2. The van der Waals surface area contributed by atoms with Crippen LogP contribution in [0.3, 0.4) is 0 Å². The average molecular weight is 442 g/mol. The average Bonchev–Trinajstić information content (AvgIpc) is 2.76. The van der Waals surface area contributed by atoms with Gasteiger partial charge in [-0.15, -0.1) is 0 Å². The Morgan fingerprint density at radius 1 is 0.968 bits per heavy atom. The number of hydrogen-bond acceptors (Lipinski definition) is 5. The molecular weight excluding hydrogens is 423 g/mol. The number of nitrogens with zero attached hydrogens (tertiary/aromatic N) is 1. The monoisotopic (exact) mass is 442 g/mol. The molecule has 5 N–H and O–H groups in total. The number of carbonyl (C=O) groups is 2. The van der Waals surface area contributed by atoms with Crippen molar-refractivity contribution in [1.82, 2.24) is 20.6 Å². The maximum atomic E-state index is 12.8. The second-order valence-electron chi connectivity index (χ2n) is 6.53. The van der Waals surface area contributed by atoms with Crippen molar-refractivity contribution < 1.29 is 23.9 Å². The lowest BCUT2D eigenvalue weighted by Crippen LogP contribution is -2.35. The second kappa shape index (κ2) is 9.48. The highest BCUT2D eigenvalue weighted by atomic mass is 31.2. The number of benzene rings is 2. The number of aromatic amines is 1. The fourth-order valence-electron chi connectivity index (χ4n) is 2.79. The molecule has 0 spiro atoms. The molecule has 0 fully saturated rings. The van der Waals surface area contributed by atoms with Gasteiger partial charge in [-0.05, 0) is 11.1 Å². The highest BCUT2D eigenvalue weighted by molar-refractivity contribution is 7.51. The largest absolute Gasteiger partial charge is 0.344 e. The summed E-state index contributed by atoms with van der Waals surface area (Å²) >= 11 is 0. The van der Waals surface area contributed by atoms with E-state index in [1.165, 1.54) is 0 Å². The Labute approximate surface area is 176 Å². The van der Waals surface area contributed by atoms with E-state index in [2.05, 4.69) is 15.3 Å². The van der Waals surface area contributed by atoms with Crippen LogP contribution in [-0.2, 0) is 4.57 Å². The fraction of sp³-hybridized carbons (Fsp3) is 0.100. The second-order valence-corrected chi connectivity index (χ2v) is 8.18. The van der Waals surface area contributed by atoms with Gasteiger partial charge in [-0.1, -0.05) is 60.7 Å². The molecule has 0 aliphatic heterocycles. The molecule has 0 atom stereocenters. The Morgan fingerprint density at radius 2 is 1.52 bits per heavy atom. The van der Waals surface area contributed by atoms with Crippen molar-refractivity contribution in [2.75, 3.05) is 6.29 Å². The number of amides is 2. The first-order valence-electron chi connectivity index (χ1n) is 9.07. The van der Waals surface area contributed by atoms with E-state index in [0.717, 1.165) is 17.3 Å². The zero-order valence-electron chi connectivity index (χ0n) is 16.1. The molecule has 0 bridgehead atoms. The molecule has 0 saturated heterocycles. The van der Waals surface area contributed by atoms with Crippen molar-refractivity contribution in [1.29, 1.82) is 0 Å². The van der Waals surface area contributed by atoms with Gasteiger partial charge in [0.05, 0.1) is 6.04 Å². The molecule has 10 nitrogen and oxygen atoms in total. The number of hydrogen-bond donors (Lipinski definition) is 5. The molecule has 0 radical (unpaired) electrons. The molecule has 160 valence electrons. The number of rotatable bonds is 7. The van der Waals surface area contributed by atoms with Crippen molar-refractivity contribution in [3.8, 4) is 0 Å². The van der Waals surface area contributed by atoms with Crippen molar-refractivity contribution in [2.24, 2.45) is 0 Å². The Kier molecular flexibility index (Phi) is 6.76. The zero-order valence-corrected chi connectivity index (χ0v) is 17.0. The van der Waals surface area contributed by atoms with E-state index < -0.39 is 43.1 Å². The SMILES string of the molecule is O=C(NCP(=O)(O)O)c1ncc(C(=O)NC(c2ccccc2)c2ccccc2)c(=O)[nH]1. The molecule has 2 aromatic carbocycles. The standard InChI is InChI=1S/C20H19N4O6P/c25-18(15-11-21-17(24-19(15)26)20(27)22-12-31(28,29)30)23-16(13-7-3-1-4-8-13)14-9-5-2-6-10-14/h1-11,16H,12H2,(H,22,27)(H,23,25)(H,21,24,26)(H2,28,29,30). The lowest BCUT2D eigenvalue weighted by molar-refractivity contribution is 0.0928. The molecule has 0 aliphatic carbocycles. The Balaban J connectivity index is 1.82. The van der Waals surface area contributed by atoms with Gasteiger partial charge in [0, 0.05) is 6.20 Å². The highest BCUT2D eigenvalue weighted by Crippen LogP contribution is 2.31. The lowest BCUT2D eigenvalue weighted by atomic mass is 9.98. The first-order chi connectivity index (χ1) is 14.7. The minimum atomic E-state index is -4.47. The van der Waals surface area contributed by atoms with Crippen molar-refractivity contribution in [3.63, 3.8) is 0 Å². The molecule has 1 heterocycles. The molecule has 1 aromatic heterocycles. The molecule has 0 saturated carbocycles. The van der Waals surface area contributed by atoms with Crippen molar-refractivity contribution >= 4 is 19.4 Å². The third kappa shape index (κ3) is 5.95. The summed E-state index contributed by atoms with van der Waals surface area (Å²) in [5, 5.41) is 4.75. The summed E-state index contributed by atoms with van der Waals surface area (Å²) in [4.78, 5) is 60.5. The van der Waals surface area contributed by atoms with E-state index in [1.54, 1.807) is 0 Å². The topological polar surface area (TPSA) is 161 Å². The van der Waals surface area contributed by atoms with E-state index in [-0.39, 0.29) is 5.56 Å². The summed E-state index contributed by atoms with van der Waals surface area (Å²) < 4.78 is 10.8. The van der Waals surface area contributed by atoms with E-state index in [1.807, 2.05) is 66.0 Å². The van der Waals surface area contributed by atoms with Crippen molar-refractivity contribution in [2.45, 2.75) is 6.04 Å². The minimum absolute atomic E-state index is 0.316. The number of H-pyrrole nitrogens is 1. The van der Waals surface area contributed by atoms with Gasteiger partial charge in [0.25, 0.3) is 17.4 Å². The van der Waals surface area contributed by atoms with Gasteiger partial charge in [-0.2, -0.15) is 0 Å². The van der Waals surface area contributed by atoms with Crippen LogP contribution in [-0.4, -0.2) is 37.9 Å².